The molecule has 3 fully saturated rings. The van der Waals surface area contributed by atoms with E-state index in [9.17, 15) is 27.1 Å². The molecule has 0 aliphatic heterocycles. The fourth-order valence-corrected chi connectivity index (χ4v) is 5.29. The zero-order chi connectivity index (χ0) is 26.0. The Morgan fingerprint density at radius 3 is 2.25 bits per heavy atom. The van der Waals surface area contributed by atoms with E-state index in [-0.39, 0.29) is 30.8 Å². The SMILES string of the molecule is OC(Cn1cnnn1)(c1ccc(F)cc1F)C(F)(F)C12CC(c3ncc(OCC(F)(F)F)cn3)(C1)C2. The number of rotatable bonds is 8. The molecule has 3 saturated carbocycles. The predicted octanol–water partition coefficient (Wildman–Crippen LogP) is 3.33. The summed E-state index contributed by atoms with van der Waals surface area (Å²) in [5.41, 5.74) is -6.58. The van der Waals surface area contributed by atoms with Crippen LogP contribution in [-0.2, 0) is 17.6 Å². The van der Waals surface area contributed by atoms with E-state index >= 15 is 8.78 Å². The van der Waals surface area contributed by atoms with Crippen molar-refractivity contribution in [2.24, 2.45) is 5.41 Å². The van der Waals surface area contributed by atoms with Crippen LogP contribution < -0.4 is 4.74 Å². The van der Waals surface area contributed by atoms with Gasteiger partial charge >= 0.3 is 6.18 Å². The average Bonchev–Trinajstić information content (AvgIpc) is 3.23. The van der Waals surface area contributed by atoms with Gasteiger partial charge in [0.1, 0.15) is 23.8 Å². The third kappa shape index (κ3) is 3.67. The summed E-state index contributed by atoms with van der Waals surface area (Å²) in [5, 5.41) is 21.5. The fraction of sp³-hybridized carbons (Fsp3) is 0.476. The van der Waals surface area contributed by atoms with Gasteiger partial charge in [-0.25, -0.2) is 32.2 Å². The molecule has 36 heavy (non-hydrogen) atoms. The minimum absolute atomic E-state index is 0.150. The summed E-state index contributed by atoms with van der Waals surface area (Å²) in [6, 6.07) is 1.92. The Balaban J connectivity index is 1.39. The van der Waals surface area contributed by atoms with Gasteiger partial charge in [-0.1, -0.05) is 0 Å². The van der Waals surface area contributed by atoms with Gasteiger partial charge in [0.05, 0.1) is 18.9 Å². The molecule has 2 aromatic heterocycles. The molecular weight excluding hydrogens is 501 g/mol. The van der Waals surface area contributed by atoms with E-state index in [2.05, 4.69) is 30.2 Å². The number of tetrazole rings is 1. The van der Waals surface area contributed by atoms with Crippen LogP contribution in [-0.4, -0.2) is 54.0 Å². The maximum absolute atomic E-state index is 16.1. The number of nitrogens with zero attached hydrogens (tertiary/aromatic N) is 6. The van der Waals surface area contributed by atoms with Gasteiger partial charge in [-0.05, 0) is 41.8 Å². The summed E-state index contributed by atoms with van der Waals surface area (Å²) >= 11 is 0. The number of hydrogen-bond donors (Lipinski definition) is 1. The van der Waals surface area contributed by atoms with Crippen LogP contribution in [0.4, 0.5) is 30.7 Å². The molecular formula is C21H17F7N6O2. The van der Waals surface area contributed by atoms with Crippen molar-refractivity contribution in [3.05, 3.63) is 59.9 Å². The van der Waals surface area contributed by atoms with Crippen LogP contribution >= 0.6 is 0 Å². The molecule has 1 N–H and O–H groups in total. The normalized spacial score (nSPS) is 25.0. The molecule has 1 unspecified atom stereocenters. The summed E-state index contributed by atoms with van der Waals surface area (Å²) in [6.45, 7) is -2.44. The first-order valence-corrected chi connectivity index (χ1v) is 10.6. The largest absolute Gasteiger partial charge is 0.481 e. The second-order valence-corrected chi connectivity index (χ2v) is 9.30. The number of halogens is 7. The van der Waals surface area contributed by atoms with Crippen molar-refractivity contribution in [2.45, 2.75) is 48.9 Å². The Hall–Kier alpha value is -3.36. The van der Waals surface area contributed by atoms with Crippen LogP contribution in [0.5, 0.6) is 5.75 Å². The third-order valence-corrected chi connectivity index (χ3v) is 6.88. The molecule has 3 aliphatic carbocycles. The highest BCUT2D eigenvalue weighted by Gasteiger charge is 2.83. The van der Waals surface area contributed by atoms with E-state index in [4.69, 9.17) is 0 Å². The van der Waals surface area contributed by atoms with Crippen molar-refractivity contribution < 1.29 is 40.6 Å². The standard InChI is InChI=1S/C21H17F7N6O2/c22-12-1-2-14(15(23)3-12)19(35,9-34-11-31-32-33-34)21(27,28)18-6-17(7-18,8-18)16-29-4-13(5-30-16)36-10-20(24,25)26/h1-5,11,35H,6-10H2. The summed E-state index contributed by atoms with van der Waals surface area (Å²) in [7, 11) is 0. The van der Waals surface area contributed by atoms with Crippen LogP contribution in [0.15, 0.2) is 36.9 Å². The van der Waals surface area contributed by atoms with Crippen molar-refractivity contribution >= 4 is 0 Å². The Labute approximate surface area is 198 Å². The maximum atomic E-state index is 16.1. The van der Waals surface area contributed by atoms with E-state index in [0.29, 0.717) is 6.07 Å². The predicted molar refractivity (Wildman–Crippen MR) is 105 cm³/mol. The first-order chi connectivity index (χ1) is 16.8. The summed E-state index contributed by atoms with van der Waals surface area (Å²) in [5.74, 6) is -6.37. The molecule has 0 radical (unpaired) electrons. The van der Waals surface area contributed by atoms with Crippen LogP contribution in [0.2, 0.25) is 0 Å². The fourth-order valence-electron chi connectivity index (χ4n) is 5.29. The summed E-state index contributed by atoms with van der Waals surface area (Å²) < 4.78 is 103. The van der Waals surface area contributed by atoms with Gasteiger partial charge in [-0.3, -0.25) is 0 Å². The highest BCUT2D eigenvalue weighted by atomic mass is 19.4. The van der Waals surface area contributed by atoms with E-state index in [0.717, 1.165) is 35.5 Å². The number of benzene rings is 1. The van der Waals surface area contributed by atoms with Crippen molar-refractivity contribution in [3.63, 3.8) is 0 Å². The van der Waals surface area contributed by atoms with Gasteiger partial charge in [0.15, 0.2) is 18.0 Å². The van der Waals surface area contributed by atoms with Crippen LogP contribution in [0, 0.1) is 17.0 Å². The highest BCUT2D eigenvalue weighted by molar-refractivity contribution is 5.39. The molecule has 0 amide bonds. The zero-order valence-corrected chi connectivity index (χ0v) is 18.2. The van der Waals surface area contributed by atoms with Gasteiger partial charge in [-0.2, -0.15) is 13.2 Å². The highest BCUT2D eigenvalue weighted by Crippen LogP contribution is 2.80. The first kappa shape index (κ1) is 24.3. The lowest BCUT2D eigenvalue weighted by atomic mass is 9.31. The molecule has 0 spiro atoms. The molecule has 0 saturated heterocycles. The van der Waals surface area contributed by atoms with Crippen LogP contribution in [0.25, 0.3) is 0 Å². The zero-order valence-electron chi connectivity index (χ0n) is 18.2. The van der Waals surface area contributed by atoms with E-state index in [1.54, 1.807) is 0 Å². The lowest BCUT2D eigenvalue weighted by Gasteiger charge is -2.73. The number of alkyl halides is 5. The van der Waals surface area contributed by atoms with Crippen molar-refractivity contribution in [1.29, 1.82) is 0 Å². The quantitative estimate of drug-likeness (QED) is 0.457. The molecule has 6 rings (SSSR count). The third-order valence-electron chi connectivity index (χ3n) is 6.88. The molecule has 8 nitrogen and oxygen atoms in total. The van der Waals surface area contributed by atoms with Gasteiger partial charge in [0.25, 0.3) is 5.92 Å². The van der Waals surface area contributed by atoms with Crippen LogP contribution in [0.3, 0.4) is 0 Å². The Morgan fingerprint density at radius 2 is 1.69 bits per heavy atom. The molecule has 2 bridgehead atoms. The second kappa shape index (κ2) is 7.82. The summed E-state index contributed by atoms with van der Waals surface area (Å²) in [4.78, 5) is 7.97. The monoisotopic (exact) mass is 518 g/mol. The van der Waals surface area contributed by atoms with Gasteiger partial charge in [0.2, 0.25) is 0 Å². The molecule has 15 heteroatoms. The molecule has 2 heterocycles. The van der Waals surface area contributed by atoms with Gasteiger partial charge in [0, 0.05) is 22.5 Å². The average molecular weight is 518 g/mol. The van der Waals surface area contributed by atoms with Gasteiger partial charge in [-0.15, -0.1) is 5.10 Å². The summed E-state index contributed by atoms with van der Waals surface area (Å²) in [6.07, 6.45) is -2.03. The minimum atomic E-state index is -4.55. The van der Waals surface area contributed by atoms with E-state index in [1.165, 1.54) is 0 Å². The van der Waals surface area contributed by atoms with Crippen molar-refractivity contribution in [2.75, 3.05) is 6.61 Å². The van der Waals surface area contributed by atoms with E-state index < -0.39 is 58.9 Å². The molecule has 1 aromatic carbocycles. The van der Waals surface area contributed by atoms with E-state index in [1.807, 2.05) is 0 Å². The second-order valence-electron chi connectivity index (χ2n) is 9.30. The lowest BCUT2D eigenvalue weighted by molar-refractivity contribution is -0.349. The van der Waals surface area contributed by atoms with Crippen LogP contribution in [0.1, 0.15) is 30.7 Å². The number of aliphatic hydroxyl groups is 1. The molecule has 1 atom stereocenters. The van der Waals surface area contributed by atoms with Gasteiger partial charge < -0.3 is 9.84 Å². The number of hydrogen-bond acceptors (Lipinski definition) is 7. The Morgan fingerprint density at radius 1 is 1.03 bits per heavy atom. The maximum Gasteiger partial charge on any atom is 0.422 e. The molecule has 192 valence electrons. The van der Waals surface area contributed by atoms with Crippen molar-refractivity contribution in [3.8, 4) is 5.75 Å². The Kier molecular flexibility index (Phi) is 5.29. The first-order valence-electron chi connectivity index (χ1n) is 10.6. The van der Waals surface area contributed by atoms with Crippen molar-refractivity contribution in [1.82, 2.24) is 30.2 Å². The minimum Gasteiger partial charge on any atom is -0.481 e. The smallest absolute Gasteiger partial charge is 0.422 e. The molecule has 3 aromatic rings. The number of aromatic nitrogens is 6. The Bertz CT molecular complexity index is 1250. The topological polar surface area (TPSA) is 98.8 Å². The number of ether oxygens (including phenoxy) is 1. The lowest BCUT2D eigenvalue weighted by Crippen LogP contribution is -2.76. The molecule has 3 aliphatic rings.